The van der Waals surface area contributed by atoms with Crippen LogP contribution in [0.5, 0.6) is 11.5 Å². The van der Waals surface area contributed by atoms with Crippen LogP contribution in [-0.4, -0.2) is 40.6 Å². The van der Waals surface area contributed by atoms with Gasteiger partial charge in [-0.1, -0.05) is 37.8 Å². The number of methoxy groups -OCH3 is 1. The number of amides is 1. The number of hydrogen-bond acceptors (Lipinski definition) is 5. The Morgan fingerprint density at radius 3 is 2.71 bits per heavy atom. The Morgan fingerprint density at radius 1 is 1.42 bits per heavy atom. The first-order valence-electron chi connectivity index (χ1n) is 7.88. The van der Waals surface area contributed by atoms with Crippen LogP contribution in [0, 0.1) is 9.49 Å². The normalized spacial score (nSPS) is 17.8. The van der Waals surface area contributed by atoms with Crippen molar-refractivity contribution in [3.63, 3.8) is 0 Å². The zero-order valence-electron chi connectivity index (χ0n) is 14.3. The maximum Gasteiger partial charge on any atom is 0.241 e. The summed E-state index contributed by atoms with van der Waals surface area (Å²) in [5.41, 5.74) is 1.06. The minimum atomic E-state index is -0.158. The van der Waals surface area contributed by atoms with Gasteiger partial charge in [0.1, 0.15) is 4.32 Å². The number of carbonyl (C=O) groups excluding carboxylic acids is 1. The van der Waals surface area contributed by atoms with Crippen LogP contribution in [0.25, 0.3) is 0 Å². The van der Waals surface area contributed by atoms with Crippen molar-refractivity contribution in [2.45, 2.75) is 32.4 Å². The molecule has 0 bridgehead atoms. The highest BCUT2D eigenvalue weighted by molar-refractivity contribution is 14.1. The molecule has 0 radical (unpaired) electrons. The minimum absolute atomic E-state index is 0.113. The van der Waals surface area contributed by atoms with Gasteiger partial charge in [-0.05, 0) is 59.5 Å². The smallest absolute Gasteiger partial charge is 0.241 e. The molecule has 24 heavy (non-hydrogen) atoms. The molecular weight excluding hydrogens is 457 g/mol. The number of thiocarbonyl (C=S) groups is 1. The van der Waals surface area contributed by atoms with Crippen molar-refractivity contribution in [1.82, 2.24) is 4.90 Å². The molecule has 1 aliphatic rings. The molecule has 1 aromatic rings. The summed E-state index contributed by atoms with van der Waals surface area (Å²) in [5.74, 6) is 1.97. The van der Waals surface area contributed by atoms with E-state index in [0.717, 1.165) is 14.9 Å². The number of ether oxygens (including phenoxy) is 2. The lowest BCUT2D eigenvalue weighted by atomic mass is 10.1. The van der Waals surface area contributed by atoms with E-state index < -0.39 is 0 Å². The van der Waals surface area contributed by atoms with Crippen molar-refractivity contribution < 1.29 is 14.3 Å². The van der Waals surface area contributed by atoms with Crippen LogP contribution in [0.3, 0.4) is 0 Å². The van der Waals surface area contributed by atoms with Crippen molar-refractivity contribution in [3.8, 4) is 11.5 Å². The Bertz CT molecular complexity index is 637. The van der Waals surface area contributed by atoms with E-state index in [-0.39, 0.29) is 11.2 Å². The first-order chi connectivity index (χ1) is 11.4. The van der Waals surface area contributed by atoms with E-state index in [1.165, 1.54) is 11.8 Å². The minimum Gasteiger partial charge on any atom is -0.493 e. The molecule has 0 spiro atoms. The van der Waals surface area contributed by atoms with E-state index in [1.807, 2.05) is 13.0 Å². The summed E-state index contributed by atoms with van der Waals surface area (Å²) in [5, 5.41) is -0.158. The Kier molecular flexibility index (Phi) is 7.18. The van der Waals surface area contributed by atoms with Gasteiger partial charge in [-0.15, -0.1) is 0 Å². The van der Waals surface area contributed by atoms with Crippen molar-refractivity contribution in [3.05, 3.63) is 21.3 Å². The summed E-state index contributed by atoms with van der Waals surface area (Å²) in [6.45, 7) is 7.40. The summed E-state index contributed by atoms with van der Waals surface area (Å²) < 4.78 is 12.8. The van der Waals surface area contributed by atoms with Gasteiger partial charge in [0, 0.05) is 6.54 Å². The van der Waals surface area contributed by atoms with Gasteiger partial charge in [0.05, 0.1) is 22.5 Å². The molecule has 1 saturated heterocycles. The second-order valence-electron chi connectivity index (χ2n) is 5.96. The number of rotatable bonds is 7. The molecule has 0 aliphatic carbocycles. The number of benzene rings is 1. The van der Waals surface area contributed by atoms with Gasteiger partial charge in [-0.3, -0.25) is 9.69 Å². The molecule has 0 saturated carbocycles. The first kappa shape index (κ1) is 19.8. The van der Waals surface area contributed by atoms with Crippen LogP contribution in [-0.2, 0) is 11.2 Å². The van der Waals surface area contributed by atoms with E-state index in [9.17, 15) is 4.79 Å². The highest BCUT2D eigenvalue weighted by atomic mass is 127. The molecule has 132 valence electrons. The molecule has 2 rings (SSSR count). The molecule has 1 aromatic carbocycles. The quantitative estimate of drug-likeness (QED) is 0.435. The Hall–Kier alpha value is -0.540. The molecule has 0 N–H and O–H groups in total. The van der Waals surface area contributed by atoms with Crippen LogP contribution < -0.4 is 9.47 Å². The topological polar surface area (TPSA) is 38.8 Å². The first-order valence-corrected chi connectivity index (χ1v) is 10.2. The lowest BCUT2D eigenvalue weighted by Crippen LogP contribution is -2.34. The fraction of sp³-hybridized carbons (Fsp3) is 0.529. The molecule has 1 aliphatic heterocycles. The Balaban J connectivity index is 2.18. The third kappa shape index (κ3) is 4.54. The summed E-state index contributed by atoms with van der Waals surface area (Å²) in [6, 6.07) is 4.01. The number of carbonyl (C=O) groups is 1. The zero-order valence-corrected chi connectivity index (χ0v) is 18.1. The van der Waals surface area contributed by atoms with Crippen molar-refractivity contribution in [2.24, 2.45) is 5.92 Å². The highest BCUT2D eigenvalue weighted by Crippen LogP contribution is 2.36. The van der Waals surface area contributed by atoms with E-state index in [4.69, 9.17) is 21.7 Å². The molecule has 0 aromatic heterocycles. The monoisotopic (exact) mass is 479 g/mol. The van der Waals surface area contributed by atoms with Gasteiger partial charge in [-0.2, -0.15) is 0 Å². The zero-order chi connectivity index (χ0) is 17.9. The van der Waals surface area contributed by atoms with E-state index in [0.29, 0.717) is 35.6 Å². The van der Waals surface area contributed by atoms with Gasteiger partial charge >= 0.3 is 0 Å². The van der Waals surface area contributed by atoms with Crippen LogP contribution in [0.15, 0.2) is 12.1 Å². The molecule has 4 nitrogen and oxygen atoms in total. The predicted molar refractivity (Wildman–Crippen MR) is 111 cm³/mol. The van der Waals surface area contributed by atoms with Crippen molar-refractivity contribution in [2.75, 3.05) is 20.3 Å². The molecular formula is C17H22INO3S2. The van der Waals surface area contributed by atoms with Crippen molar-refractivity contribution in [1.29, 1.82) is 0 Å². The van der Waals surface area contributed by atoms with Gasteiger partial charge < -0.3 is 9.47 Å². The maximum absolute atomic E-state index is 12.6. The third-order valence-electron chi connectivity index (χ3n) is 3.55. The average Bonchev–Trinajstić information content (AvgIpc) is 2.77. The highest BCUT2D eigenvalue weighted by Gasteiger charge is 2.37. The van der Waals surface area contributed by atoms with Gasteiger partial charge in [-0.25, -0.2) is 0 Å². The molecule has 1 atom stereocenters. The number of hydrogen-bond donors (Lipinski definition) is 0. The molecule has 7 heteroatoms. The molecule has 1 heterocycles. The summed E-state index contributed by atoms with van der Waals surface area (Å²) in [4.78, 5) is 14.4. The van der Waals surface area contributed by atoms with Crippen LogP contribution in [0.2, 0.25) is 0 Å². The lowest BCUT2D eigenvalue weighted by molar-refractivity contribution is -0.126. The Labute approximate surface area is 166 Å². The summed E-state index contributed by atoms with van der Waals surface area (Å²) >= 11 is 9.11. The lowest BCUT2D eigenvalue weighted by Gasteiger charge is -2.18. The van der Waals surface area contributed by atoms with Gasteiger partial charge in [0.2, 0.25) is 5.91 Å². The number of halogens is 1. The second kappa shape index (κ2) is 8.71. The largest absolute Gasteiger partial charge is 0.493 e. The SMILES string of the molecule is CCOc1c(I)cc(C[C@H]2SC(=S)N(CC(C)C)C2=O)cc1OC. The summed E-state index contributed by atoms with van der Waals surface area (Å²) in [7, 11) is 1.63. The fourth-order valence-corrected chi connectivity index (χ4v) is 4.92. The number of thioether (sulfide) groups is 1. The average molecular weight is 479 g/mol. The van der Waals surface area contributed by atoms with E-state index >= 15 is 0 Å². The summed E-state index contributed by atoms with van der Waals surface area (Å²) in [6.07, 6.45) is 0.636. The molecule has 0 unspecified atom stereocenters. The van der Waals surface area contributed by atoms with E-state index in [2.05, 4.69) is 42.5 Å². The van der Waals surface area contributed by atoms with Crippen molar-refractivity contribution >= 4 is 56.8 Å². The predicted octanol–water partition coefficient (Wildman–Crippen LogP) is 4.13. The standard InChI is InChI=1S/C17H22INO3S2/c1-5-22-15-12(18)6-11(7-13(15)21-4)8-14-16(20)19(9-10(2)3)17(23)24-14/h6-7,10,14H,5,8-9H2,1-4H3/t14-/m1/s1. The molecule has 1 fully saturated rings. The van der Waals surface area contributed by atoms with Crippen LogP contribution in [0.4, 0.5) is 0 Å². The van der Waals surface area contributed by atoms with Gasteiger partial charge in [0.15, 0.2) is 11.5 Å². The van der Waals surface area contributed by atoms with Gasteiger partial charge in [0.25, 0.3) is 0 Å². The fourth-order valence-electron chi connectivity index (χ4n) is 2.55. The Morgan fingerprint density at radius 2 is 2.12 bits per heavy atom. The maximum atomic E-state index is 12.6. The van der Waals surface area contributed by atoms with Crippen LogP contribution in [0.1, 0.15) is 26.3 Å². The third-order valence-corrected chi connectivity index (χ3v) is 5.94. The molecule has 1 amide bonds. The van der Waals surface area contributed by atoms with Crippen LogP contribution >= 0.6 is 46.6 Å². The second-order valence-corrected chi connectivity index (χ2v) is 8.96. The number of nitrogens with zero attached hydrogens (tertiary/aromatic N) is 1. The van der Waals surface area contributed by atoms with E-state index in [1.54, 1.807) is 12.0 Å².